The van der Waals surface area contributed by atoms with E-state index < -0.39 is 0 Å². The zero-order valence-electron chi connectivity index (χ0n) is 15.7. The summed E-state index contributed by atoms with van der Waals surface area (Å²) in [6.07, 6.45) is 2.30. The predicted octanol–water partition coefficient (Wildman–Crippen LogP) is 3.27. The van der Waals surface area contributed by atoms with Gasteiger partial charge in [-0.1, -0.05) is 36.3 Å². The van der Waals surface area contributed by atoms with E-state index in [-0.39, 0.29) is 5.91 Å². The Morgan fingerprint density at radius 2 is 1.68 bits per heavy atom. The average molecular weight is 344 g/mol. The molecule has 6 nitrogen and oxygen atoms in total. The summed E-state index contributed by atoms with van der Waals surface area (Å²) < 4.78 is 4.68. The fourth-order valence-electron chi connectivity index (χ4n) is 2.82. The predicted molar refractivity (Wildman–Crippen MR) is 97.1 cm³/mol. The van der Waals surface area contributed by atoms with Gasteiger partial charge in [-0.2, -0.15) is 0 Å². The summed E-state index contributed by atoms with van der Waals surface area (Å²) in [5.41, 5.74) is 3.31. The van der Waals surface area contributed by atoms with Crippen molar-refractivity contribution in [1.82, 2.24) is 20.1 Å². The summed E-state index contributed by atoms with van der Waals surface area (Å²) in [7, 11) is 1.76. The number of rotatable bonds is 9. The first kappa shape index (κ1) is 19.1. The Bertz CT molecular complexity index is 660. The molecule has 0 spiro atoms. The molecule has 1 amide bonds. The van der Waals surface area contributed by atoms with Gasteiger partial charge in [-0.3, -0.25) is 9.69 Å². The van der Waals surface area contributed by atoms with Crippen molar-refractivity contribution in [1.29, 1.82) is 0 Å². The second kappa shape index (κ2) is 9.32. The third-order valence-electron chi connectivity index (χ3n) is 4.17. The van der Waals surface area contributed by atoms with E-state index in [1.807, 2.05) is 31.2 Å². The summed E-state index contributed by atoms with van der Waals surface area (Å²) in [4.78, 5) is 16.6. The number of nitrogens with zero attached hydrogens (tertiary/aromatic N) is 4. The van der Waals surface area contributed by atoms with Crippen LogP contribution >= 0.6 is 0 Å². The molecule has 0 N–H and O–H groups in total. The second-order valence-electron chi connectivity index (χ2n) is 6.43. The third-order valence-corrected chi connectivity index (χ3v) is 4.17. The van der Waals surface area contributed by atoms with E-state index in [2.05, 4.69) is 33.7 Å². The summed E-state index contributed by atoms with van der Waals surface area (Å²) in [6, 6.07) is 7.89. The highest BCUT2D eigenvalue weighted by Crippen LogP contribution is 2.12. The molecule has 0 atom stereocenters. The lowest BCUT2D eigenvalue weighted by Gasteiger charge is -2.21. The van der Waals surface area contributed by atoms with E-state index in [1.165, 1.54) is 5.56 Å². The van der Waals surface area contributed by atoms with Crippen LogP contribution in [0.3, 0.4) is 0 Å². The molecule has 0 bridgehead atoms. The van der Waals surface area contributed by atoms with Crippen LogP contribution in [0.1, 0.15) is 54.0 Å². The lowest BCUT2D eigenvalue weighted by Crippen LogP contribution is -2.27. The van der Waals surface area contributed by atoms with Crippen molar-refractivity contribution in [3.8, 4) is 0 Å². The summed E-state index contributed by atoms with van der Waals surface area (Å²) in [5.74, 6) is -0.0343. The largest absolute Gasteiger partial charge is 0.336 e. The molecule has 1 aromatic heterocycles. The van der Waals surface area contributed by atoms with Gasteiger partial charge in [-0.05, 0) is 50.6 Å². The van der Waals surface area contributed by atoms with Crippen molar-refractivity contribution in [3.63, 3.8) is 0 Å². The zero-order valence-corrected chi connectivity index (χ0v) is 15.7. The minimum atomic E-state index is -0.0343. The lowest BCUT2D eigenvalue weighted by molar-refractivity contribution is 0.0782. The topological polar surface area (TPSA) is 62.5 Å². The first-order valence-electron chi connectivity index (χ1n) is 8.89. The number of benzene rings is 1. The van der Waals surface area contributed by atoms with Gasteiger partial charge in [0.2, 0.25) is 0 Å². The number of carbonyl (C=O) groups excluding carboxylic acids is 1. The van der Waals surface area contributed by atoms with E-state index in [9.17, 15) is 4.79 Å². The molecule has 0 aliphatic carbocycles. The SMILES string of the molecule is CCCN(CCC)Cc1ccc(C(=O)N(C)Cc2nonc2C)cc1. The number of hydrogen-bond acceptors (Lipinski definition) is 5. The summed E-state index contributed by atoms with van der Waals surface area (Å²) in [6.45, 7) is 9.73. The van der Waals surface area contributed by atoms with Gasteiger partial charge in [0.15, 0.2) is 0 Å². The van der Waals surface area contributed by atoms with Crippen LogP contribution in [0.2, 0.25) is 0 Å². The Hall–Kier alpha value is -2.21. The fourth-order valence-corrected chi connectivity index (χ4v) is 2.82. The molecule has 1 aromatic carbocycles. The van der Waals surface area contributed by atoms with Crippen LogP contribution < -0.4 is 0 Å². The zero-order chi connectivity index (χ0) is 18.2. The summed E-state index contributed by atoms with van der Waals surface area (Å²) >= 11 is 0. The second-order valence-corrected chi connectivity index (χ2v) is 6.43. The molecular weight excluding hydrogens is 316 g/mol. The van der Waals surface area contributed by atoms with Crippen LogP contribution in [0.5, 0.6) is 0 Å². The van der Waals surface area contributed by atoms with Gasteiger partial charge in [-0.15, -0.1) is 0 Å². The average Bonchev–Trinajstić information content (AvgIpc) is 3.00. The molecule has 0 saturated heterocycles. The highest BCUT2D eigenvalue weighted by Gasteiger charge is 2.15. The van der Waals surface area contributed by atoms with Gasteiger partial charge in [0.25, 0.3) is 5.91 Å². The molecule has 0 radical (unpaired) electrons. The van der Waals surface area contributed by atoms with Crippen LogP contribution in [-0.4, -0.2) is 46.2 Å². The molecule has 25 heavy (non-hydrogen) atoms. The Labute approximate surface area is 149 Å². The molecule has 2 aromatic rings. The van der Waals surface area contributed by atoms with E-state index in [0.717, 1.165) is 32.5 Å². The number of aryl methyl sites for hydroxylation is 1. The maximum atomic E-state index is 12.6. The standard InChI is InChI=1S/C19H28N4O2/c1-5-11-23(12-6-2)13-16-7-9-17(10-8-16)19(24)22(4)14-18-15(3)20-25-21-18/h7-10H,5-6,11-14H2,1-4H3. The first-order chi connectivity index (χ1) is 12.0. The number of amides is 1. The smallest absolute Gasteiger partial charge is 0.253 e. The Kier molecular flexibility index (Phi) is 7.13. The maximum absolute atomic E-state index is 12.6. The Morgan fingerprint density at radius 3 is 2.20 bits per heavy atom. The minimum absolute atomic E-state index is 0.0343. The van der Waals surface area contributed by atoms with Crippen molar-refractivity contribution in [2.24, 2.45) is 0 Å². The van der Waals surface area contributed by atoms with Gasteiger partial charge >= 0.3 is 0 Å². The van der Waals surface area contributed by atoms with Gasteiger partial charge in [0.05, 0.1) is 6.54 Å². The van der Waals surface area contributed by atoms with E-state index in [4.69, 9.17) is 0 Å². The van der Waals surface area contributed by atoms with Crippen LogP contribution in [-0.2, 0) is 13.1 Å². The van der Waals surface area contributed by atoms with Crippen molar-refractivity contribution in [2.45, 2.75) is 46.7 Å². The number of hydrogen-bond donors (Lipinski definition) is 0. The molecule has 0 unspecified atom stereocenters. The van der Waals surface area contributed by atoms with Crippen LogP contribution in [0.4, 0.5) is 0 Å². The van der Waals surface area contributed by atoms with Crippen molar-refractivity contribution >= 4 is 5.91 Å². The van der Waals surface area contributed by atoms with Gasteiger partial charge in [-0.25, -0.2) is 4.63 Å². The van der Waals surface area contributed by atoms with E-state index in [0.29, 0.717) is 23.5 Å². The van der Waals surface area contributed by atoms with Crippen LogP contribution in [0, 0.1) is 6.92 Å². The minimum Gasteiger partial charge on any atom is -0.336 e. The molecule has 136 valence electrons. The van der Waals surface area contributed by atoms with Crippen LogP contribution in [0.15, 0.2) is 28.9 Å². The monoisotopic (exact) mass is 344 g/mol. The first-order valence-corrected chi connectivity index (χ1v) is 8.89. The normalized spacial score (nSPS) is 11.1. The molecule has 1 heterocycles. The molecular formula is C19H28N4O2. The molecule has 2 rings (SSSR count). The Balaban J connectivity index is 1.98. The Morgan fingerprint density at radius 1 is 1.04 bits per heavy atom. The van der Waals surface area contributed by atoms with Gasteiger partial charge in [0.1, 0.15) is 11.4 Å². The molecule has 6 heteroatoms. The molecule has 0 aliphatic rings. The van der Waals surface area contributed by atoms with Crippen molar-refractivity contribution in [2.75, 3.05) is 20.1 Å². The maximum Gasteiger partial charge on any atom is 0.253 e. The quantitative estimate of drug-likeness (QED) is 0.698. The van der Waals surface area contributed by atoms with Gasteiger partial charge in [0, 0.05) is 19.2 Å². The third kappa shape index (κ3) is 5.39. The van der Waals surface area contributed by atoms with Gasteiger partial charge < -0.3 is 4.90 Å². The van der Waals surface area contributed by atoms with E-state index >= 15 is 0 Å². The molecule has 0 fully saturated rings. The number of carbonyl (C=O) groups is 1. The molecule has 0 saturated carbocycles. The van der Waals surface area contributed by atoms with E-state index in [1.54, 1.807) is 11.9 Å². The summed E-state index contributed by atoms with van der Waals surface area (Å²) in [5, 5.41) is 7.57. The molecule has 0 aliphatic heterocycles. The van der Waals surface area contributed by atoms with Crippen molar-refractivity contribution in [3.05, 3.63) is 46.8 Å². The van der Waals surface area contributed by atoms with Crippen LogP contribution in [0.25, 0.3) is 0 Å². The highest BCUT2D eigenvalue weighted by atomic mass is 16.6. The fraction of sp³-hybridized carbons (Fsp3) is 0.526. The lowest BCUT2D eigenvalue weighted by atomic mass is 10.1. The highest BCUT2D eigenvalue weighted by molar-refractivity contribution is 5.94. The van der Waals surface area contributed by atoms with Crippen molar-refractivity contribution < 1.29 is 9.42 Å². The number of aromatic nitrogens is 2.